The molecule has 0 bridgehead atoms. The molecule has 0 amide bonds. The lowest BCUT2D eigenvalue weighted by atomic mass is 9.89. The number of hydrogen-bond donors (Lipinski definition) is 1. The Morgan fingerprint density at radius 2 is 1.94 bits per heavy atom. The van der Waals surface area contributed by atoms with Crippen molar-refractivity contribution in [3.05, 3.63) is 23.9 Å². The van der Waals surface area contributed by atoms with Crippen molar-refractivity contribution in [1.82, 2.24) is 5.01 Å². The Bertz CT molecular complexity index is 274. The molecule has 0 spiro atoms. The highest BCUT2D eigenvalue weighted by Gasteiger charge is 2.16. The van der Waals surface area contributed by atoms with Crippen molar-refractivity contribution in [1.29, 1.82) is 0 Å². The lowest BCUT2D eigenvalue weighted by Gasteiger charge is -2.26. The second kappa shape index (κ2) is 5.53. The van der Waals surface area contributed by atoms with Gasteiger partial charge in [0, 0.05) is 12.7 Å². The van der Waals surface area contributed by atoms with Crippen molar-refractivity contribution in [2.45, 2.75) is 51.4 Å². The van der Waals surface area contributed by atoms with Crippen LogP contribution in [-0.4, -0.2) is 11.6 Å². The number of hydrogen-bond acceptors (Lipinski definition) is 2. The summed E-state index contributed by atoms with van der Waals surface area (Å²) in [4.78, 5) is 0. The van der Waals surface area contributed by atoms with Gasteiger partial charge in [-0.1, -0.05) is 31.4 Å². The maximum Gasteiger partial charge on any atom is 0.0363 e. The number of hydrazine groups is 1. The molecule has 2 aliphatic carbocycles. The topological polar surface area (TPSA) is 29.3 Å². The van der Waals surface area contributed by atoms with E-state index >= 15 is 0 Å². The van der Waals surface area contributed by atoms with Gasteiger partial charge in [0.15, 0.2) is 0 Å². The molecule has 2 heteroatoms. The van der Waals surface area contributed by atoms with Crippen molar-refractivity contribution in [2.75, 3.05) is 6.54 Å². The van der Waals surface area contributed by atoms with Crippen LogP contribution in [0.4, 0.5) is 0 Å². The normalized spacial score (nSPS) is 25.3. The Labute approximate surface area is 99.2 Å². The van der Waals surface area contributed by atoms with Gasteiger partial charge in [0.2, 0.25) is 0 Å². The fourth-order valence-corrected chi connectivity index (χ4v) is 2.91. The Kier molecular flexibility index (Phi) is 4.05. The van der Waals surface area contributed by atoms with Gasteiger partial charge >= 0.3 is 0 Å². The first-order valence-electron chi connectivity index (χ1n) is 6.66. The van der Waals surface area contributed by atoms with Crippen LogP contribution in [0.15, 0.2) is 23.9 Å². The highest BCUT2D eigenvalue weighted by Crippen LogP contribution is 2.29. The largest absolute Gasteiger partial charge is 0.318 e. The highest BCUT2D eigenvalue weighted by atomic mass is 15.4. The van der Waals surface area contributed by atoms with E-state index in [0.29, 0.717) is 0 Å². The molecular weight excluding hydrogens is 196 g/mol. The van der Waals surface area contributed by atoms with Gasteiger partial charge in [0.05, 0.1) is 0 Å². The summed E-state index contributed by atoms with van der Waals surface area (Å²) in [5.74, 6) is 6.87. The third-order valence-corrected chi connectivity index (χ3v) is 3.89. The van der Waals surface area contributed by atoms with Gasteiger partial charge < -0.3 is 5.01 Å². The Hall–Kier alpha value is -0.760. The summed E-state index contributed by atoms with van der Waals surface area (Å²) in [6.07, 6.45) is 12.6. The molecule has 2 nitrogen and oxygen atoms in total. The molecule has 16 heavy (non-hydrogen) atoms. The minimum absolute atomic E-state index is 0.810. The summed E-state index contributed by atoms with van der Waals surface area (Å²) in [6.45, 7) is 5.11. The van der Waals surface area contributed by atoms with E-state index in [9.17, 15) is 0 Å². The molecule has 2 rings (SSSR count). The number of rotatable bonds is 3. The number of allylic oxidation sites excluding steroid dienone is 2. The Balaban J connectivity index is 1.82. The minimum Gasteiger partial charge on any atom is -0.318 e. The zero-order valence-electron chi connectivity index (χ0n) is 10.3. The van der Waals surface area contributed by atoms with Crippen LogP contribution in [0.3, 0.4) is 0 Å². The fraction of sp³-hybridized carbons (Fsp3) is 0.714. The molecule has 0 aromatic rings. The number of nitrogens with two attached hydrogens (primary N) is 1. The van der Waals surface area contributed by atoms with Crippen LogP contribution in [0.2, 0.25) is 0 Å². The standard InChI is InChI=1S/C14H24N2/c1-12-6-5-9-14(12)11-16(15)10-13-7-3-2-4-8-13/h11,13H,1-10,15H2/b14-11-. The average Bonchev–Trinajstić information content (AvgIpc) is 2.66. The zero-order chi connectivity index (χ0) is 11.4. The molecule has 0 aromatic heterocycles. The van der Waals surface area contributed by atoms with E-state index in [1.54, 1.807) is 0 Å². The molecule has 2 N–H and O–H groups in total. The molecule has 0 unspecified atom stereocenters. The molecule has 0 saturated heterocycles. The summed E-state index contributed by atoms with van der Waals surface area (Å²) in [5.41, 5.74) is 2.66. The summed E-state index contributed by atoms with van der Waals surface area (Å²) < 4.78 is 0. The van der Waals surface area contributed by atoms with Crippen LogP contribution in [0.25, 0.3) is 0 Å². The molecule has 2 fully saturated rings. The summed E-state index contributed by atoms with van der Waals surface area (Å²) in [7, 11) is 0. The number of nitrogens with zero attached hydrogens (tertiary/aromatic N) is 1. The molecule has 0 aromatic carbocycles. The fourth-order valence-electron chi connectivity index (χ4n) is 2.91. The third-order valence-electron chi connectivity index (χ3n) is 3.89. The van der Waals surface area contributed by atoms with Crippen LogP contribution < -0.4 is 5.84 Å². The maximum atomic E-state index is 6.06. The van der Waals surface area contributed by atoms with E-state index < -0.39 is 0 Å². The predicted octanol–water partition coefficient (Wildman–Crippen LogP) is 3.37. The monoisotopic (exact) mass is 220 g/mol. The van der Waals surface area contributed by atoms with E-state index in [4.69, 9.17) is 5.84 Å². The zero-order valence-corrected chi connectivity index (χ0v) is 10.3. The lowest BCUT2D eigenvalue weighted by Crippen LogP contribution is -2.32. The minimum atomic E-state index is 0.810. The molecule has 2 saturated carbocycles. The second-order valence-electron chi connectivity index (χ2n) is 5.31. The average molecular weight is 220 g/mol. The molecule has 0 atom stereocenters. The van der Waals surface area contributed by atoms with Gasteiger partial charge in [-0.05, 0) is 43.6 Å². The van der Waals surface area contributed by atoms with Crippen molar-refractivity contribution in [2.24, 2.45) is 11.8 Å². The SMILES string of the molecule is C=C1CCC/C1=C/N(N)CC1CCCCC1. The van der Waals surface area contributed by atoms with E-state index in [-0.39, 0.29) is 0 Å². The van der Waals surface area contributed by atoms with Gasteiger partial charge in [-0.3, -0.25) is 0 Å². The van der Waals surface area contributed by atoms with E-state index in [1.807, 2.05) is 5.01 Å². The summed E-state index contributed by atoms with van der Waals surface area (Å²) >= 11 is 0. The second-order valence-corrected chi connectivity index (χ2v) is 5.31. The first kappa shape index (κ1) is 11.7. The molecule has 2 aliphatic rings. The Morgan fingerprint density at radius 3 is 2.56 bits per heavy atom. The van der Waals surface area contributed by atoms with E-state index in [0.717, 1.165) is 25.3 Å². The van der Waals surface area contributed by atoms with Gasteiger partial charge in [-0.15, -0.1) is 0 Å². The van der Waals surface area contributed by atoms with Gasteiger partial charge in [-0.2, -0.15) is 0 Å². The molecular formula is C14H24N2. The van der Waals surface area contributed by atoms with Crippen molar-refractivity contribution in [3.8, 4) is 0 Å². The van der Waals surface area contributed by atoms with E-state index in [2.05, 4.69) is 12.8 Å². The molecule has 0 aliphatic heterocycles. The van der Waals surface area contributed by atoms with Gasteiger partial charge in [-0.25, -0.2) is 5.84 Å². The van der Waals surface area contributed by atoms with Crippen LogP contribution in [0.5, 0.6) is 0 Å². The Morgan fingerprint density at radius 1 is 1.19 bits per heavy atom. The maximum absolute atomic E-state index is 6.06. The third kappa shape index (κ3) is 3.11. The lowest BCUT2D eigenvalue weighted by molar-refractivity contribution is 0.257. The highest BCUT2D eigenvalue weighted by molar-refractivity contribution is 5.31. The van der Waals surface area contributed by atoms with Crippen molar-refractivity contribution in [3.63, 3.8) is 0 Å². The van der Waals surface area contributed by atoms with Crippen LogP contribution in [0.1, 0.15) is 51.4 Å². The smallest absolute Gasteiger partial charge is 0.0363 e. The van der Waals surface area contributed by atoms with Crippen molar-refractivity contribution >= 4 is 0 Å². The summed E-state index contributed by atoms with van der Waals surface area (Å²) in [6, 6.07) is 0. The first-order chi connectivity index (χ1) is 7.75. The molecule has 0 radical (unpaired) electrons. The molecule has 0 heterocycles. The van der Waals surface area contributed by atoms with Gasteiger partial charge in [0.25, 0.3) is 0 Å². The van der Waals surface area contributed by atoms with Gasteiger partial charge in [0.1, 0.15) is 0 Å². The van der Waals surface area contributed by atoms with Crippen LogP contribution in [-0.2, 0) is 0 Å². The van der Waals surface area contributed by atoms with Crippen molar-refractivity contribution < 1.29 is 0 Å². The van der Waals surface area contributed by atoms with Crippen LogP contribution in [0, 0.1) is 5.92 Å². The summed E-state index contributed by atoms with van der Waals surface area (Å²) in [5, 5.41) is 1.90. The van der Waals surface area contributed by atoms with Crippen LogP contribution >= 0.6 is 0 Å². The quantitative estimate of drug-likeness (QED) is 0.583. The van der Waals surface area contributed by atoms with E-state index in [1.165, 1.54) is 49.7 Å². The predicted molar refractivity (Wildman–Crippen MR) is 68.5 cm³/mol. The molecule has 90 valence electrons. The first-order valence-corrected chi connectivity index (χ1v) is 6.66.